The van der Waals surface area contributed by atoms with E-state index >= 15 is 0 Å². The van der Waals surface area contributed by atoms with Gasteiger partial charge in [-0.25, -0.2) is 0 Å². The third kappa shape index (κ3) is 4.45. The summed E-state index contributed by atoms with van der Waals surface area (Å²) in [5.74, 6) is 1.25. The number of hydrogen-bond acceptors (Lipinski definition) is 3. The molecule has 0 aliphatic carbocycles. The van der Waals surface area contributed by atoms with E-state index < -0.39 is 0 Å². The first kappa shape index (κ1) is 26.1. The molecule has 1 aromatic heterocycles. The van der Waals surface area contributed by atoms with Crippen molar-refractivity contribution in [3.8, 4) is 17.2 Å². The second kappa shape index (κ2) is 10.9. The maximum Gasteiger partial charge on any atom is 4.00 e. The van der Waals surface area contributed by atoms with Gasteiger partial charge >= 0.3 is 21.1 Å². The van der Waals surface area contributed by atoms with Crippen molar-refractivity contribution in [2.24, 2.45) is 0 Å². The zero-order valence-corrected chi connectivity index (χ0v) is 24.6. The van der Waals surface area contributed by atoms with Crippen molar-refractivity contribution in [1.29, 1.82) is 0 Å². The largest absolute Gasteiger partial charge is 4.00 e. The Morgan fingerprint density at radius 2 is 1.26 bits per heavy atom. The van der Waals surface area contributed by atoms with Gasteiger partial charge in [-0.15, -0.1) is 54.1 Å². The van der Waals surface area contributed by atoms with Gasteiger partial charge in [-0.05, 0) is 35.7 Å². The van der Waals surface area contributed by atoms with E-state index in [1.165, 1.54) is 5.39 Å². The predicted molar refractivity (Wildman–Crippen MR) is 165 cm³/mol. The number of ether oxygens (including phenoxy) is 1. The van der Waals surface area contributed by atoms with Crippen LogP contribution >= 0.6 is 0 Å². The van der Waals surface area contributed by atoms with E-state index in [2.05, 4.69) is 124 Å². The fourth-order valence-electron chi connectivity index (χ4n) is 5.56. The van der Waals surface area contributed by atoms with E-state index in [1.54, 1.807) is 0 Å². The van der Waals surface area contributed by atoms with E-state index in [9.17, 15) is 0 Å². The van der Waals surface area contributed by atoms with Crippen LogP contribution < -0.4 is 14.5 Å². The topological polar surface area (TPSA) is 20.6 Å². The zero-order chi connectivity index (χ0) is 27.2. The molecule has 0 bridgehead atoms. The minimum Gasteiger partial charge on any atom is -0.509 e. The molecule has 7 aromatic rings. The molecule has 0 unspecified atom stereocenters. The summed E-state index contributed by atoms with van der Waals surface area (Å²) in [5, 5.41) is 2.29. The molecular weight excluding hydrogens is 698 g/mol. The van der Waals surface area contributed by atoms with Crippen LogP contribution in [-0.4, -0.2) is 4.57 Å². The molecule has 0 spiro atoms. The van der Waals surface area contributed by atoms with Crippen LogP contribution in [0.4, 0.5) is 22.7 Å². The quantitative estimate of drug-likeness (QED) is 0.166. The Hall–Kier alpha value is -4.79. The number of fused-ring (bicyclic) bond motifs is 4. The average Bonchev–Trinajstić information content (AvgIpc) is 3.58. The number of hydrogen-bond donors (Lipinski definition) is 0. The van der Waals surface area contributed by atoms with Gasteiger partial charge in [-0.1, -0.05) is 59.7 Å². The minimum atomic E-state index is 0. The van der Waals surface area contributed by atoms with Gasteiger partial charge in [-0.2, -0.15) is 36.4 Å². The molecule has 1 aliphatic heterocycles. The number of nitrogens with zero attached hydrogens (tertiary/aromatic N) is 3. The van der Waals surface area contributed by atoms with Crippen molar-refractivity contribution in [1.82, 2.24) is 4.57 Å². The van der Waals surface area contributed by atoms with Crippen LogP contribution in [-0.2, 0) is 21.1 Å². The van der Waals surface area contributed by atoms with Crippen molar-refractivity contribution in [3.05, 3.63) is 158 Å². The molecule has 0 radical (unpaired) electrons. The van der Waals surface area contributed by atoms with Gasteiger partial charge in [-0.3, -0.25) is 0 Å². The SMILES string of the molecule is [Pt+4].[c-]1c(Oc2[c-]c3c(cc2)c2ccccc2n3-c2[c-]cccc2)cccc1N1[CH-]N(c2ccccc2)c2ccccc21. The Morgan fingerprint density at radius 3 is 2.10 bits per heavy atom. The second-order valence-electron chi connectivity index (χ2n) is 9.87. The first-order chi connectivity index (χ1) is 20.3. The van der Waals surface area contributed by atoms with Crippen molar-refractivity contribution < 1.29 is 25.8 Å². The molecule has 0 N–H and O–H groups in total. The Morgan fingerprint density at radius 1 is 0.548 bits per heavy atom. The standard InChI is InChI=1S/C37H23N3O.Pt/c1-3-12-27(13-4-1)38-26-39(36-21-10-9-20-35(36)38)29-16-11-17-30(24-29)41-31-22-23-33-32-18-7-8-19-34(32)40(37(33)25-31)28-14-5-2-6-15-28;/h1-14,16-23,26H;/q-4;+4. The summed E-state index contributed by atoms with van der Waals surface area (Å²) >= 11 is 0. The Bertz CT molecular complexity index is 2020. The van der Waals surface area contributed by atoms with E-state index in [1.807, 2.05) is 48.5 Å². The molecule has 202 valence electrons. The molecule has 6 aromatic carbocycles. The van der Waals surface area contributed by atoms with Crippen molar-refractivity contribution in [2.45, 2.75) is 0 Å². The van der Waals surface area contributed by atoms with E-state index in [4.69, 9.17) is 4.74 Å². The maximum absolute atomic E-state index is 6.38. The smallest absolute Gasteiger partial charge is 0.509 e. The molecule has 0 amide bonds. The van der Waals surface area contributed by atoms with Crippen LogP contribution in [0.25, 0.3) is 27.5 Å². The normalized spacial score (nSPS) is 12.4. The van der Waals surface area contributed by atoms with E-state index in [-0.39, 0.29) is 21.1 Å². The molecule has 1 aliphatic rings. The first-order valence-corrected chi connectivity index (χ1v) is 13.5. The van der Waals surface area contributed by atoms with Gasteiger partial charge in [0.2, 0.25) is 0 Å². The number of benzene rings is 6. The number of aromatic nitrogens is 1. The van der Waals surface area contributed by atoms with Gasteiger partial charge < -0.3 is 19.1 Å². The molecular formula is C37H23N3OPt. The molecule has 0 saturated carbocycles. The monoisotopic (exact) mass is 720 g/mol. The molecule has 0 saturated heterocycles. The van der Waals surface area contributed by atoms with Crippen LogP contribution in [0.3, 0.4) is 0 Å². The molecule has 5 heteroatoms. The third-order valence-electron chi connectivity index (χ3n) is 7.39. The summed E-state index contributed by atoms with van der Waals surface area (Å²) in [4.78, 5) is 4.34. The maximum atomic E-state index is 6.38. The van der Waals surface area contributed by atoms with Crippen molar-refractivity contribution in [3.63, 3.8) is 0 Å². The predicted octanol–water partition coefficient (Wildman–Crippen LogP) is 9.38. The summed E-state index contributed by atoms with van der Waals surface area (Å²) in [6.07, 6.45) is 0. The number of rotatable bonds is 5. The van der Waals surface area contributed by atoms with Gasteiger partial charge in [0.15, 0.2) is 0 Å². The summed E-state index contributed by atoms with van der Waals surface area (Å²) in [6, 6.07) is 55.6. The Balaban J connectivity index is 0.00000288. The van der Waals surface area contributed by atoms with Crippen LogP contribution in [0.1, 0.15) is 0 Å². The first-order valence-electron chi connectivity index (χ1n) is 13.5. The summed E-state index contributed by atoms with van der Waals surface area (Å²) in [7, 11) is 0. The van der Waals surface area contributed by atoms with Gasteiger partial charge in [0.1, 0.15) is 0 Å². The summed E-state index contributed by atoms with van der Waals surface area (Å²) in [5.41, 5.74) is 7.21. The number of anilines is 4. The molecule has 42 heavy (non-hydrogen) atoms. The fraction of sp³-hybridized carbons (Fsp3) is 0. The number of para-hydroxylation sites is 5. The Kier molecular flexibility index (Phi) is 6.77. The van der Waals surface area contributed by atoms with Crippen LogP contribution in [0.2, 0.25) is 0 Å². The van der Waals surface area contributed by atoms with Gasteiger partial charge in [0.25, 0.3) is 0 Å². The van der Waals surface area contributed by atoms with Crippen LogP contribution in [0, 0.1) is 24.9 Å². The van der Waals surface area contributed by atoms with Crippen LogP contribution in [0.15, 0.2) is 133 Å². The van der Waals surface area contributed by atoms with Crippen molar-refractivity contribution in [2.75, 3.05) is 9.80 Å². The zero-order valence-electron chi connectivity index (χ0n) is 22.3. The molecule has 2 heterocycles. The third-order valence-corrected chi connectivity index (χ3v) is 7.39. The molecule has 0 atom stereocenters. The Labute approximate surface area is 259 Å². The van der Waals surface area contributed by atoms with Gasteiger partial charge in [0, 0.05) is 34.1 Å². The molecule has 0 fully saturated rings. The van der Waals surface area contributed by atoms with Gasteiger partial charge in [0.05, 0.1) is 0 Å². The van der Waals surface area contributed by atoms with E-state index in [0.717, 1.165) is 44.9 Å². The molecule has 4 nitrogen and oxygen atoms in total. The average molecular weight is 721 g/mol. The van der Waals surface area contributed by atoms with Crippen LogP contribution in [0.5, 0.6) is 11.5 Å². The minimum absolute atomic E-state index is 0. The summed E-state index contributed by atoms with van der Waals surface area (Å²) < 4.78 is 8.57. The van der Waals surface area contributed by atoms with Crippen molar-refractivity contribution >= 4 is 44.6 Å². The summed E-state index contributed by atoms with van der Waals surface area (Å²) in [6.45, 7) is 2.10. The molecule has 8 rings (SSSR count). The van der Waals surface area contributed by atoms with E-state index in [0.29, 0.717) is 11.5 Å². The fourth-order valence-corrected chi connectivity index (χ4v) is 5.56. The second-order valence-corrected chi connectivity index (χ2v) is 9.87.